The van der Waals surface area contributed by atoms with Crippen molar-refractivity contribution in [2.45, 2.75) is 6.42 Å². The lowest BCUT2D eigenvalue weighted by molar-refractivity contribution is -0.111. The van der Waals surface area contributed by atoms with E-state index < -0.39 is 23.0 Å². The molecule has 9 nitrogen and oxygen atoms in total. The van der Waals surface area contributed by atoms with Gasteiger partial charge in [-0.15, -0.1) is 0 Å². The van der Waals surface area contributed by atoms with Gasteiger partial charge in [0.15, 0.2) is 28.9 Å². The quantitative estimate of drug-likeness (QED) is 0.295. The Kier molecular flexibility index (Phi) is 6.73. The zero-order valence-corrected chi connectivity index (χ0v) is 19.6. The third kappa shape index (κ3) is 4.63. The molecular weight excluding hydrogens is 472 g/mol. The van der Waals surface area contributed by atoms with E-state index in [4.69, 9.17) is 9.47 Å². The zero-order valence-electron chi connectivity index (χ0n) is 19.6. The third-order valence-corrected chi connectivity index (χ3v) is 5.37. The largest absolute Gasteiger partial charge is 0.494 e. The highest BCUT2D eigenvalue weighted by Crippen LogP contribution is 2.33. The molecule has 0 aliphatic carbocycles. The fraction of sp³-hybridized carbons (Fsp3) is 0.160. The Hall–Kier alpha value is -4.67. The predicted octanol–water partition coefficient (Wildman–Crippen LogP) is 3.61. The van der Waals surface area contributed by atoms with Crippen molar-refractivity contribution in [2.75, 3.05) is 19.5 Å². The van der Waals surface area contributed by atoms with E-state index in [0.29, 0.717) is 28.1 Å². The van der Waals surface area contributed by atoms with Crippen LogP contribution in [0.4, 0.5) is 14.5 Å². The molecule has 0 bridgehead atoms. The second-order valence-corrected chi connectivity index (χ2v) is 7.71. The minimum Gasteiger partial charge on any atom is -0.494 e. The van der Waals surface area contributed by atoms with Crippen LogP contribution < -0.4 is 14.8 Å². The van der Waals surface area contributed by atoms with Gasteiger partial charge in [-0.05, 0) is 12.1 Å². The van der Waals surface area contributed by atoms with E-state index >= 15 is 0 Å². The number of halogens is 2. The van der Waals surface area contributed by atoms with Crippen molar-refractivity contribution in [1.82, 2.24) is 19.7 Å². The summed E-state index contributed by atoms with van der Waals surface area (Å²) >= 11 is 0. The van der Waals surface area contributed by atoms with Crippen molar-refractivity contribution in [1.29, 1.82) is 0 Å². The van der Waals surface area contributed by atoms with E-state index in [9.17, 15) is 18.4 Å². The third-order valence-electron chi connectivity index (χ3n) is 5.37. The first kappa shape index (κ1) is 24.5. The van der Waals surface area contributed by atoms with E-state index in [1.165, 1.54) is 31.0 Å². The molecule has 0 radical (unpaired) electrons. The number of aromatic nitrogens is 4. The molecule has 4 rings (SSSR count). The zero-order chi connectivity index (χ0) is 26.0. The Labute approximate surface area is 204 Å². The van der Waals surface area contributed by atoms with Crippen molar-refractivity contribution in [3.63, 3.8) is 0 Å². The summed E-state index contributed by atoms with van der Waals surface area (Å²) in [6, 6.07) is 5.47. The molecule has 184 valence electrons. The molecule has 2 heterocycles. The normalized spacial score (nSPS) is 10.8. The van der Waals surface area contributed by atoms with Crippen LogP contribution in [0.3, 0.4) is 0 Å². The van der Waals surface area contributed by atoms with Crippen molar-refractivity contribution >= 4 is 28.3 Å². The highest BCUT2D eigenvalue weighted by atomic mass is 19.1. The smallest absolute Gasteiger partial charge is 0.247 e. The minimum absolute atomic E-state index is 0.0111. The maximum absolute atomic E-state index is 14.9. The van der Waals surface area contributed by atoms with Gasteiger partial charge in [0.05, 0.1) is 37.5 Å². The summed E-state index contributed by atoms with van der Waals surface area (Å²) in [4.78, 5) is 33.7. The van der Waals surface area contributed by atoms with Crippen LogP contribution in [0.1, 0.15) is 27.4 Å². The average Bonchev–Trinajstić information content (AvgIpc) is 3.21. The first-order valence-electron chi connectivity index (χ1n) is 10.6. The molecule has 36 heavy (non-hydrogen) atoms. The van der Waals surface area contributed by atoms with Gasteiger partial charge >= 0.3 is 0 Å². The minimum atomic E-state index is -1.13. The molecule has 4 aromatic rings. The number of carbonyl (C=O) groups is 2. The lowest BCUT2D eigenvalue weighted by Gasteiger charge is -2.12. The van der Waals surface area contributed by atoms with E-state index in [2.05, 4.69) is 27.0 Å². The number of nitrogens with zero attached hydrogens (tertiary/aromatic N) is 4. The van der Waals surface area contributed by atoms with Crippen LogP contribution in [0.25, 0.3) is 10.9 Å². The number of nitrogens with one attached hydrogen (secondary N) is 1. The number of aryl methyl sites for hydroxylation is 1. The summed E-state index contributed by atoms with van der Waals surface area (Å²) in [5.41, 5.74) is 0.599. The fourth-order valence-corrected chi connectivity index (χ4v) is 3.62. The Morgan fingerprint density at radius 3 is 2.47 bits per heavy atom. The highest BCUT2D eigenvalue weighted by molar-refractivity contribution is 6.11. The molecule has 1 N–H and O–H groups in total. The number of hydrogen-bond donors (Lipinski definition) is 1. The topological polar surface area (TPSA) is 108 Å². The number of carbonyl (C=O) groups excluding carboxylic acids is 2. The number of fused-ring (bicyclic) bond motifs is 1. The summed E-state index contributed by atoms with van der Waals surface area (Å²) in [6.07, 6.45) is 4.52. The highest BCUT2D eigenvalue weighted by Gasteiger charge is 2.26. The molecular formula is C25H21F2N5O4. The van der Waals surface area contributed by atoms with Crippen LogP contribution >= 0.6 is 0 Å². The molecule has 0 unspecified atom stereocenters. The summed E-state index contributed by atoms with van der Waals surface area (Å²) in [5.74, 6) is -3.83. The fourth-order valence-electron chi connectivity index (χ4n) is 3.62. The van der Waals surface area contributed by atoms with Crippen molar-refractivity contribution in [3.8, 4) is 11.5 Å². The Morgan fingerprint density at radius 1 is 1.14 bits per heavy atom. The van der Waals surface area contributed by atoms with Gasteiger partial charge in [-0.25, -0.2) is 18.7 Å². The van der Waals surface area contributed by atoms with Crippen LogP contribution in [0.2, 0.25) is 0 Å². The SMILES string of the molecule is C=CC(=O)Nc1cn(C)nc1Cc1ncc2ccc(C(=O)c3c(F)c(OC)cc(OC)c3F)cc2n1. The Balaban J connectivity index is 1.71. The summed E-state index contributed by atoms with van der Waals surface area (Å²) in [6.45, 7) is 3.43. The van der Waals surface area contributed by atoms with Gasteiger partial charge in [-0.3, -0.25) is 14.3 Å². The van der Waals surface area contributed by atoms with Crippen LogP contribution in [0.15, 0.2) is 49.3 Å². The van der Waals surface area contributed by atoms with Gasteiger partial charge in [-0.1, -0.05) is 18.7 Å². The lowest BCUT2D eigenvalue weighted by atomic mass is 10.00. The number of rotatable bonds is 8. The second-order valence-electron chi connectivity index (χ2n) is 7.71. The molecule has 11 heteroatoms. The predicted molar refractivity (Wildman–Crippen MR) is 127 cm³/mol. The van der Waals surface area contributed by atoms with Crippen LogP contribution in [0, 0.1) is 11.6 Å². The Bertz CT molecular complexity index is 1490. The molecule has 0 fully saturated rings. The molecule has 0 spiro atoms. The van der Waals surface area contributed by atoms with Crippen molar-refractivity contribution < 1.29 is 27.8 Å². The van der Waals surface area contributed by atoms with Gasteiger partial charge in [0.1, 0.15) is 11.4 Å². The number of benzene rings is 2. The van der Waals surface area contributed by atoms with Crippen molar-refractivity contribution in [3.05, 3.63) is 83.6 Å². The summed E-state index contributed by atoms with van der Waals surface area (Å²) < 4.78 is 41.1. The van der Waals surface area contributed by atoms with E-state index in [0.717, 1.165) is 12.1 Å². The van der Waals surface area contributed by atoms with Gasteiger partial charge in [0, 0.05) is 36.5 Å². The number of amides is 1. The monoisotopic (exact) mass is 493 g/mol. The molecule has 0 saturated carbocycles. The maximum atomic E-state index is 14.9. The van der Waals surface area contributed by atoms with E-state index in [1.54, 1.807) is 25.5 Å². The first-order valence-corrected chi connectivity index (χ1v) is 10.6. The summed E-state index contributed by atoms with van der Waals surface area (Å²) in [7, 11) is 4.11. The van der Waals surface area contributed by atoms with Gasteiger partial charge in [0.25, 0.3) is 0 Å². The number of hydrogen-bond acceptors (Lipinski definition) is 7. The molecule has 2 aromatic heterocycles. The van der Waals surface area contributed by atoms with E-state index in [-0.39, 0.29) is 29.4 Å². The van der Waals surface area contributed by atoms with E-state index in [1.807, 2.05) is 0 Å². The number of methoxy groups -OCH3 is 2. The van der Waals surface area contributed by atoms with Crippen molar-refractivity contribution in [2.24, 2.45) is 7.05 Å². The van der Waals surface area contributed by atoms with Gasteiger partial charge < -0.3 is 14.8 Å². The first-order chi connectivity index (χ1) is 17.2. The molecule has 0 atom stereocenters. The number of ether oxygens (including phenoxy) is 2. The molecule has 0 aliphatic rings. The number of anilines is 1. The molecule has 1 amide bonds. The standard InChI is InChI=1S/C25H21F2N5O4/c1-5-21(33)30-17-12-32(2)31-16(17)9-20-28-11-14-7-6-13(8-15(14)29-20)25(34)22-23(26)18(35-3)10-19(36-4)24(22)27/h5-8,10-12H,1,9H2,2-4H3,(H,30,33). The summed E-state index contributed by atoms with van der Waals surface area (Å²) in [5, 5.41) is 7.63. The lowest BCUT2D eigenvalue weighted by Crippen LogP contribution is -2.11. The van der Waals surface area contributed by atoms with Crippen LogP contribution in [-0.4, -0.2) is 45.7 Å². The number of ketones is 1. The Morgan fingerprint density at radius 2 is 1.83 bits per heavy atom. The molecule has 2 aromatic carbocycles. The maximum Gasteiger partial charge on any atom is 0.247 e. The molecule has 0 aliphatic heterocycles. The van der Waals surface area contributed by atoms with Gasteiger partial charge in [0.2, 0.25) is 5.91 Å². The second kappa shape index (κ2) is 9.90. The van der Waals surface area contributed by atoms with Gasteiger partial charge in [-0.2, -0.15) is 5.10 Å². The average molecular weight is 493 g/mol. The molecule has 0 saturated heterocycles. The van der Waals surface area contributed by atoms with Crippen LogP contribution in [0.5, 0.6) is 11.5 Å². The van der Waals surface area contributed by atoms with Crippen LogP contribution in [-0.2, 0) is 18.3 Å².